The summed E-state index contributed by atoms with van der Waals surface area (Å²) in [5.41, 5.74) is 1.28. The molecular formula is C19H21ClN2O2. The van der Waals surface area contributed by atoms with Gasteiger partial charge < -0.3 is 9.47 Å². The molecule has 1 saturated heterocycles. The number of carbonyl (C=O) groups excluding carboxylic acids is 1. The van der Waals surface area contributed by atoms with E-state index >= 15 is 0 Å². The molecule has 0 bridgehead atoms. The molecule has 0 spiro atoms. The maximum Gasteiger partial charge on any atom is 0.255 e. The molecule has 24 heavy (non-hydrogen) atoms. The smallest absolute Gasteiger partial charge is 0.255 e. The Morgan fingerprint density at radius 1 is 1.00 bits per heavy atom. The molecule has 1 fully saturated rings. The van der Waals surface area contributed by atoms with Crippen LogP contribution in [0.5, 0.6) is 0 Å². The molecule has 3 rings (SSSR count). The second-order valence-electron chi connectivity index (χ2n) is 6.18. The quantitative estimate of drug-likeness (QED) is 0.854. The minimum Gasteiger partial charge on any atom is -0.339 e. The van der Waals surface area contributed by atoms with Gasteiger partial charge in [0.1, 0.15) is 0 Å². The summed E-state index contributed by atoms with van der Waals surface area (Å²) in [5, 5.41) is 0.619. The molecule has 0 aliphatic carbocycles. The minimum absolute atomic E-state index is 0.00445. The van der Waals surface area contributed by atoms with Gasteiger partial charge in [-0.3, -0.25) is 9.59 Å². The SMILES string of the molecule is O=C(c1ccc(=O)n(Cc2ccccc2Cl)c1)N1CCCCCC1. The van der Waals surface area contributed by atoms with Crippen molar-refractivity contribution in [2.75, 3.05) is 13.1 Å². The normalized spacial score (nSPS) is 15.1. The molecule has 0 radical (unpaired) electrons. The standard InChI is InChI=1S/C19H21ClN2O2/c20-17-8-4-3-7-15(17)13-22-14-16(9-10-18(22)23)19(24)21-11-5-1-2-6-12-21/h3-4,7-10,14H,1-2,5-6,11-13H2. The molecule has 0 saturated carbocycles. The number of hydrogen-bond donors (Lipinski definition) is 0. The van der Waals surface area contributed by atoms with E-state index < -0.39 is 0 Å². The molecule has 126 valence electrons. The van der Waals surface area contributed by atoms with Gasteiger partial charge in [0.05, 0.1) is 12.1 Å². The Balaban J connectivity index is 1.84. The van der Waals surface area contributed by atoms with Gasteiger partial charge in [-0.05, 0) is 30.5 Å². The van der Waals surface area contributed by atoms with Crippen LogP contribution in [0.15, 0.2) is 47.4 Å². The van der Waals surface area contributed by atoms with Crippen LogP contribution in [0.4, 0.5) is 0 Å². The van der Waals surface area contributed by atoms with Crippen molar-refractivity contribution in [2.24, 2.45) is 0 Å². The second kappa shape index (κ2) is 7.67. The van der Waals surface area contributed by atoms with Crippen LogP contribution in [0.25, 0.3) is 0 Å². The second-order valence-corrected chi connectivity index (χ2v) is 6.59. The number of aromatic nitrogens is 1. The minimum atomic E-state index is -0.137. The molecule has 1 aromatic carbocycles. The number of benzene rings is 1. The van der Waals surface area contributed by atoms with Gasteiger partial charge in [0, 0.05) is 30.4 Å². The van der Waals surface area contributed by atoms with Crippen molar-refractivity contribution in [1.29, 1.82) is 0 Å². The van der Waals surface area contributed by atoms with Crippen molar-refractivity contribution in [1.82, 2.24) is 9.47 Å². The van der Waals surface area contributed by atoms with Crippen LogP contribution in [-0.4, -0.2) is 28.5 Å². The van der Waals surface area contributed by atoms with Gasteiger partial charge in [0.15, 0.2) is 0 Å². The monoisotopic (exact) mass is 344 g/mol. The van der Waals surface area contributed by atoms with Crippen molar-refractivity contribution in [2.45, 2.75) is 32.2 Å². The number of nitrogens with zero attached hydrogens (tertiary/aromatic N) is 2. The van der Waals surface area contributed by atoms with Crippen LogP contribution in [-0.2, 0) is 6.54 Å². The number of amides is 1. The fourth-order valence-corrected chi connectivity index (χ4v) is 3.24. The van der Waals surface area contributed by atoms with Crippen molar-refractivity contribution < 1.29 is 4.79 Å². The first-order valence-corrected chi connectivity index (χ1v) is 8.76. The van der Waals surface area contributed by atoms with Gasteiger partial charge in [-0.1, -0.05) is 42.6 Å². The predicted octanol–water partition coefficient (Wildman–Crippen LogP) is 3.57. The molecule has 2 heterocycles. The van der Waals surface area contributed by atoms with Gasteiger partial charge in [0.25, 0.3) is 11.5 Å². The van der Waals surface area contributed by atoms with Gasteiger partial charge in [0.2, 0.25) is 0 Å². The average Bonchev–Trinajstić information content (AvgIpc) is 2.87. The Labute approximate surface area is 146 Å². The van der Waals surface area contributed by atoms with Crippen LogP contribution in [0.3, 0.4) is 0 Å². The van der Waals surface area contributed by atoms with Gasteiger partial charge in [-0.2, -0.15) is 0 Å². The van der Waals surface area contributed by atoms with Crippen LogP contribution >= 0.6 is 11.6 Å². The predicted molar refractivity (Wildman–Crippen MR) is 95.6 cm³/mol. The first-order chi connectivity index (χ1) is 11.6. The molecule has 1 amide bonds. The Kier molecular flexibility index (Phi) is 5.36. The molecule has 0 N–H and O–H groups in total. The first-order valence-electron chi connectivity index (χ1n) is 8.38. The van der Waals surface area contributed by atoms with Crippen LogP contribution in [0, 0.1) is 0 Å². The summed E-state index contributed by atoms with van der Waals surface area (Å²) < 4.78 is 1.55. The molecule has 2 aromatic rings. The van der Waals surface area contributed by atoms with E-state index in [4.69, 9.17) is 11.6 Å². The van der Waals surface area contributed by atoms with Crippen LogP contribution < -0.4 is 5.56 Å². The number of likely N-dealkylation sites (tertiary alicyclic amines) is 1. The van der Waals surface area contributed by atoms with E-state index in [9.17, 15) is 9.59 Å². The fraction of sp³-hybridized carbons (Fsp3) is 0.368. The first kappa shape index (κ1) is 16.8. The molecule has 1 aliphatic rings. The molecule has 0 atom stereocenters. The average molecular weight is 345 g/mol. The summed E-state index contributed by atoms with van der Waals surface area (Å²) in [7, 11) is 0. The van der Waals surface area contributed by atoms with E-state index in [1.807, 2.05) is 23.1 Å². The highest BCUT2D eigenvalue weighted by molar-refractivity contribution is 6.31. The van der Waals surface area contributed by atoms with E-state index in [2.05, 4.69) is 0 Å². The third-order valence-electron chi connectivity index (χ3n) is 4.42. The van der Waals surface area contributed by atoms with Gasteiger partial charge in [-0.25, -0.2) is 0 Å². The summed E-state index contributed by atoms with van der Waals surface area (Å²) >= 11 is 6.18. The summed E-state index contributed by atoms with van der Waals surface area (Å²) in [4.78, 5) is 26.8. The number of hydrogen-bond acceptors (Lipinski definition) is 2. The number of pyridine rings is 1. The van der Waals surface area contributed by atoms with Crippen molar-refractivity contribution in [3.63, 3.8) is 0 Å². The molecule has 5 heteroatoms. The summed E-state index contributed by atoms with van der Waals surface area (Å²) in [5.74, 6) is 0.00445. The van der Waals surface area contributed by atoms with E-state index in [0.29, 0.717) is 17.1 Å². The van der Waals surface area contributed by atoms with Crippen LogP contribution in [0.2, 0.25) is 5.02 Å². The zero-order chi connectivity index (χ0) is 16.9. The summed E-state index contributed by atoms with van der Waals surface area (Å²) in [6.45, 7) is 1.95. The van der Waals surface area contributed by atoms with E-state index in [1.165, 1.54) is 18.9 Å². The maximum atomic E-state index is 12.7. The number of rotatable bonds is 3. The Morgan fingerprint density at radius 2 is 1.71 bits per heavy atom. The Bertz CT molecular complexity index is 777. The highest BCUT2D eigenvalue weighted by Crippen LogP contribution is 2.16. The third-order valence-corrected chi connectivity index (χ3v) is 4.79. The van der Waals surface area contributed by atoms with Gasteiger partial charge >= 0.3 is 0 Å². The molecule has 0 unspecified atom stereocenters. The Hall–Kier alpha value is -2.07. The lowest BCUT2D eigenvalue weighted by Crippen LogP contribution is -2.33. The fourth-order valence-electron chi connectivity index (χ4n) is 3.05. The van der Waals surface area contributed by atoms with Crippen LogP contribution in [0.1, 0.15) is 41.6 Å². The third kappa shape index (κ3) is 3.88. The largest absolute Gasteiger partial charge is 0.339 e. The maximum absolute atomic E-state index is 12.7. The molecule has 1 aromatic heterocycles. The summed E-state index contributed by atoms with van der Waals surface area (Å²) in [6.07, 6.45) is 6.10. The van der Waals surface area contributed by atoms with Gasteiger partial charge in [-0.15, -0.1) is 0 Å². The number of carbonyl (C=O) groups is 1. The molecular weight excluding hydrogens is 324 g/mol. The topological polar surface area (TPSA) is 42.3 Å². The molecule has 4 nitrogen and oxygen atoms in total. The molecule has 1 aliphatic heterocycles. The van der Waals surface area contributed by atoms with E-state index in [0.717, 1.165) is 31.5 Å². The zero-order valence-electron chi connectivity index (χ0n) is 13.6. The highest BCUT2D eigenvalue weighted by Gasteiger charge is 2.18. The lowest BCUT2D eigenvalue weighted by Gasteiger charge is -2.20. The van der Waals surface area contributed by atoms with E-state index in [-0.39, 0.29) is 11.5 Å². The van der Waals surface area contributed by atoms with E-state index in [1.54, 1.807) is 22.9 Å². The lowest BCUT2D eigenvalue weighted by molar-refractivity contribution is 0.0760. The zero-order valence-corrected chi connectivity index (χ0v) is 14.3. The lowest BCUT2D eigenvalue weighted by atomic mass is 10.2. The highest BCUT2D eigenvalue weighted by atomic mass is 35.5. The Morgan fingerprint density at radius 3 is 2.42 bits per heavy atom. The van der Waals surface area contributed by atoms with Crippen molar-refractivity contribution in [3.05, 3.63) is 69.1 Å². The number of halogens is 1. The summed E-state index contributed by atoms with van der Waals surface area (Å²) in [6, 6.07) is 10.5. The van der Waals surface area contributed by atoms with Crippen molar-refractivity contribution in [3.8, 4) is 0 Å². The van der Waals surface area contributed by atoms with Crippen molar-refractivity contribution >= 4 is 17.5 Å².